The van der Waals surface area contributed by atoms with E-state index in [1.165, 1.54) is 44.1 Å². The molecule has 3 aliphatic rings. The van der Waals surface area contributed by atoms with Gasteiger partial charge < -0.3 is 9.88 Å². The molecule has 2 heterocycles. The molecule has 1 aromatic rings. The molecule has 2 aliphatic carbocycles. The van der Waals surface area contributed by atoms with E-state index in [2.05, 4.69) is 31.1 Å². The molecule has 1 N–H and O–H groups in total. The van der Waals surface area contributed by atoms with Crippen molar-refractivity contribution in [2.45, 2.75) is 76.9 Å². The van der Waals surface area contributed by atoms with Gasteiger partial charge in [0.1, 0.15) is 11.6 Å². The van der Waals surface area contributed by atoms with E-state index in [9.17, 15) is 4.79 Å². The van der Waals surface area contributed by atoms with Crippen LogP contribution in [0.15, 0.2) is 11.6 Å². The summed E-state index contributed by atoms with van der Waals surface area (Å²) in [5, 5.41) is 11.9. The van der Waals surface area contributed by atoms with Crippen LogP contribution in [0.1, 0.15) is 69.4 Å². The third-order valence-electron chi connectivity index (χ3n) is 5.81. The second-order valence-corrected chi connectivity index (χ2v) is 7.70. The SMILES string of the molecule is C[C@H](C(=O)NCCC1=CCCCC1)N1CCn2c(nnc2C2CC2)C1. The molecule has 1 aliphatic heterocycles. The fraction of sp³-hybridized carbons (Fsp3) is 0.737. The van der Waals surface area contributed by atoms with Crippen LogP contribution in [0.4, 0.5) is 0 Å². The van der Waals surface area contributed by atoms with E-state index in [-0.39, 0.29) is 11.9 Å². The highest BCUT2D eigenvalue weighted by molar-refractivity contribution is 5.81. The third kappa shape index (κ3) is 3.78. The van der Waals surface area contributed by atoms with Gasteiger partial charge in [0.15, 0.2) is 0 Å². The summed E-state index contributed by atoms with van der Waals surface area (Å²) in [5.41, 5.74) is 1.51. The lowest BCUT2D eigenvalue weighted by Gasteiger charge is -2.32. The number of nitrogens with one attached hydrogen (secondary N) is 1. The van der Waals surface area contributed by atoms with Crippen LogP contribution >= 0.6 is 0 Å². The number of nitrogens with zero attached hydrogens (tertiary/aromatic N) is 4. The molecule has 0 bridgehead atoms. The largest absolute Gasteiger partial charge is 0.354 e. The lowest BCUT2D eigenvalue weighted by molar-refractivity contribution is -0.126. The number of aromatic nitrogens is 3. The Labute approximate surface area is 149 Å². The lowest BCUT2D eigenvalue weighted by atomic mass is 9.97. The van der Waals surface area contributed by atoms with Crippen molar-refractivity contribution in [2.75, 3.05) is 13.1 Å². The predicted octanol–water partition coefficient (Wildman–Crippen LogP) is 2.37. The van der Waals surface area contributed by atoms with Gasteiger partial charge >= 0.3 is 0 Å². The van der Waals surface area contributed by atoms with Crippen molar-refractivity contribution in [3.8, 4) is 0 Å². The Hall–Kier alpha value is -1.69. The maximum Gasteiger partial charge on any atom is 0.237 e. The Morgan fingerprint density at radius 2 is 2.20 bits per heavy atom. The average molecular weight is 343 g/mol. The minimum absolute atomic E-state index is 0.116. The molecule has 1 aromatic heterocycles. The van der Waals surface area contributed by atoms with E-state index < -0.39 is 0 Å². The molecule has 0 radical (unpaired) electrons. The first kappa shape index (κ1) is 16.8. The monoisotopic (exact) mass is 343 g/mol. The summed E-state index contributed by atoms with van der Waals surface area (Å²) < 4.78 is 2.27. The van der Waals surface area contributed by atoms with E-state index >= 15 is 0 Å². The van der Waals surface area contributed by atoms with E-state index in [1.807, 2.05) is 6.92 Å². The van der Waals surface area contributed by atoms with E-state index in [1.54, 1.807) is 0 Å². The molecule has 1 saturated carbocycles. The fourth-order valence-corrected chi connectivity index (χ4v) is 3.96. The highest BCUT2D eigenvalue weighted by atomic mass is 16.2. The topological polar surface area (TPSA) is 63.1 Å². The number of allylic oxidation sites excluding steroid dienone is 1. The Morgan fingerprint density at radius 3 is 2.96 bits per heavy atom. The van der Waals surface area contributed by atoms with Gasteiger partial charge in [0.05, 0.1) is 12.6 Å². The van der Waals surface area contributed by atoms with Crippen LogP contribution in [-0.2, 0) is 17.9 Å². The Kier molecular flexibility index (Phi) is 4.88. The highest BCUT2D eigenvalue weighted by Gasteiger charge is 2.33. The maximum atomic E-state index is 12.5. The van der Waals surface area contributed by atoms with Crippen LogP contribution in [0, 0.1) is 0 Å². The number of hydrogen-bond donors (Lipinski definition) is 1. The molecule has 0 spiro atoms. The summed E-state index contributed by atoms with van der Waals surface area (Å²) in [4.78, 5) is 14.7. The molecule has 1 amide bonds. The van der Waals surface area contributed by atoms with Crippen molar-refractivity contribution in [2.24, 2.45) is 0 Å². The smallest absolute Gasteiger partial charge is 0.237 e. The first-order valence-corrected chi connectivity index (χ1v) is 9.84. The number of carbonyl (C=O) groups excluding carboxylic acids is 1. The van der Waals surface area contributed by atoms with Gasteiger partial charge in [-0.05, 0) is 51.9 Å². The van der Waals surface area contributed by atoms with Crippen LogP contribution in [-0.4, -0.2) is 44.7 Å². The molecule has 0 aromatic carbocycles. The number of hydrogen-bond acceptors (Lipinski definition) is 4. The van der Waals surface area contributed by atoms with E-state index in [0.29, 0.717) is 5.92 Å². The summed E-state index contributed by atoms with van der Waals surface area (Å²) in [6, 6.07) is -0.116. The number of fused-ring (bicyclic) bond motifs is 1. The molecule has 1 atom stereocenters. The Balaban J connectivity index is 1.27. The fourth-order valence-electron chi connectivity index (χ4n) is 3.96. The van der Waals surface area contributed by atoms with Gasteiger partial charge in [-0.2, -0.15) is 0 Å². The molecule has 0 saturated heterocycles. The van der Waals surface area contributed by atoms with Gasteiger partial charge in [0.2, 0.25) is 5.91 Å². The molecular weight excluding hydrogens is 314 g/mol. The molecule has 6 heteroatoms. The first-order chi connectivity index (χ1) is 12.2. The maximum absolute atomic E-state index is 12.5. The van der Waals surface area contributed by atoms with E-state index in [4.69, 9.17) is 0 Å². The second kappa shape index (κ2) is 7.28. The van der Waals surface area contributed by atoms with E-state index in [0.717, 1.165) is 44.2 Å². The Bertz CT molecular complexity index is 661. The molecule has 6 nitrogen and oxygen atoms in total. The molecule has 4 rings (SSSR count). The van der Waals surface area contributed by atoms with Gasteiger partial charge in [-0.25, -0.2) is 0 Å². The van der Waals surface area contributed by atoms with Crippen molar-refractivity contribution in [1.29, 1.82) is 0 Å². The van der Waals surface area contributed by atoms with Crippen molar-refractivity contribution < 1.29 is 4.79 Å². The van der Waals surface area contributed by atoms with Crippen LogP contribution in [0.2, 0.25) is 0 Å². The zero-order chi connectivity index (χ0) is 17.2. The second-order valence-electron chi connectivity index (χ2n) is 7.70. The number of amides is 1. The third-order valence-corrected chi connectivity index (χ3v) is 5.81. The standard InChI is InChI=1S/C19H29N5O/c1-14(19(25)20-10-9-15-5-3-2-4-6-15)23-11-12-24-17(13-23)21-22-18(24)16-7-8-16/h5,14,16H,2-4,6-13H2,1H3,(H,20,25)/t14-/m1/s1. The normalized spacial score (nSPS) is 22.2. The minimum atomic E-state index is -0.116. The van der Waals surface area contributed by atoms with Gasteiger partial charge in [-0.15, -0.1) is 10.2 Å². The number of carbonyl (C=O) groups is 1. The van der Waals surface area contributed by atoms with Crippen molar-refractivity contribution in [3.05, 3.63) is 23.3 Å². The van der Waals surface area contributed by atoms with Crippen LogP contribution < -0.4 is 5.32 Å². The van der Waals surface area contributed by atoms with Gasteiger partial charge in [-0.3, -0.25) is 9.69 Å². The Morgan fingerprint density at radius 1 is 1.32 bits per heavy atom. The van der Waals surface area contributed by atoms with Crippen LogP contribution in [0.5, 0.6) is 0 Å². The van der Waals surface area contributed by atoms with Gasteiger partial charge in [0.25, 0.3) is 0 Å². The average Bonchev–Trinajstić information content (AvgIpc) is 3.40. The zero-order valence-electron chi connectivity index (χ0n) is 15.2. The molecule has 0 unspecified atom stereocenters. The summed E-state index contributed by atoms with van der Waals surface area (Å²) >= 11 is 0. The summed E-state index contributed by atoms with van der Waals surface area (Å²) in [6.07, 6.45) is 10.9. The van der Waals surface area contributed by atoms with Crippen LogP contribution in [0.25, 0.3) is 0 Å². The molecule has 136 valence electrons. The quantitative estimate of drug-likeness (QED) is 0.806. The van der Waals surface area contributed by atoms with Gasteiger partial charge in [-0.1, -0.05) is 11.6 Å². The number of rotatable bonds is 6. The minimum Gasteiger partial charge on any atom is -0.354 e. The highest BCUT2D eigenvalue weighted by Crippen LogP contribution is 2.39. The summed E-state index contributed by atoms with van der Waals surface area (Å²) in [5.74, 6) is 2.93. The lowest BCUT2D eigenvalue weighted by Crippen LogP contribution is -2.48. The molecule has 1 fully saturated rings. The van der Waals surface area contributed by atoms with Crippen LogP contribution in [0.3, 0.4) is 0 Å². The van der Waals surface area contributed by atoms with Crippen molar-refractivity contribution >= 4 is 5.91 Å². The van der Waals surface area contributed by atoms with Crippen molar-refractivity contribution in [3.63, 3.8) is 0 Å². The summed E-state index contributed by atoms with van der Waals surface area (Å²) in [6.45, 7) is 5.27. The zero-order valence-corrected chi connectivity index (χ0v) is 15.2. The predicted molar refractivity (Wildman–Crippen MR) is 96.0 cm³/mol. The van der Waals surface area contributed by atoms with Crippen molar-refractivity contribution in [1.82, 2.24) is 25.0 Å². The van der Waals surface area contributed by atoms with Gasteiger partial charge in [0, 0.05) is 25.6 Å². The summed E-state index contributed by atoms with van der Waals surface area (Å²) in [7, 11) is 0. The molecule has 25 heavy (non-hydrogen) atoms. The molecular formula is C19H29N5O. The first-order valence-electron chi connectivity index (χ1n) is 9.84.